The molecule has 2 aliphatic heterocycles. The molecule has 4 aromatic rings. The zero-order valence-electron chi connectivity index (χ0n) is 23.8. The second-order valence-electron chi connectivity index (χ2n) is 12.3. The van der Waals surface area contributed by atoms with Gasteiger partial charge in [0.15, 0.2) is 5.71 Å². The van der Waals surface area contributed by atoms with E-state index in [1.54, 1.807) is 0 Å². The molecule has 2 heterocycles. The Kier molecular flexibility index (Phi) is 4.95. The van der Waals surface area contributed by atoms with Gasteiger partial charge >= 0.3 is 0 Å². The topological polar surface area (TPSA) is 43.5 Å². The summed E-state index contributed by atoms with van der Waals surface area (Å²) in [5, 5.41) is 16.0. The van der Waals surface area contributed by atoms with E-state index in [0.717, 1.165) is 22.8 Å². The summed E-state index contributed by atoms with van der Waals surface area (Å²) >= 11 is 0. The number of fused-ring (bicyclic) bond motifs is 6. The Balaban J connectivity index is 1.32. The number of likely N-dealkylation sites (N-methyl/N-ethyl adjacent to an activating group) is 1. The molecule has 7 rings (SSSR count). The molecule has 0 radical (unpaired) electrons. The number of aliphatic hydroxyl groups is 1. The summed E-state index contributed by atoms with van der Waals surface area (Å²) in [6.45, 7) is 8.73. The van der Waals surface area contributed by atoms with Crippen LogP contribution in [0.1, 0.15) is 38.8 Å². The number of rotatable bonds is 2. The molecule has 0 unspecified atom stereocenters. The van der Waals surface area contributed by atoms with Crippen LogP contribution in [0.25, 0.3) is 21.5 Å². The van der Waals surface area contributed by atoms with Crippen molar-refractivity contribution in [3.05, 3.63) is 119 Å². The average molecular weight is 526 g/mol. The third kappa shape index (κ3) is 3.08. The molecule has 4 aromatic carbocycles. The van der Waals surface area contributed by atoms with E-state index in [4.69, 9.17) is 0 Å². The average Bonchev–Trinajstić information content (AvgIpc) is 3.27. The van der Waals surface area contributed by atoms with E-state index in [9.17, 15) is 9.90 Å². The van der Waals surface area contributed by atoms with E-state index < -0.39 is 0 Å². The third-order valence-electron chi connectivity index (χ3n) is 9.38. The summed E-state index contributed by atoms with van der Waals surface area (Å²) in [4.78, 5) is 15.8. The fourth-order valence-corrected chi connectivity index (χ4v) is 7.14. The zero-order valence-corrected chi connectivity index (χ0v) is 23.8. The summed E-state index contributed by atoms with van der Waals surface area (Å²) in [5.41, 5.74) is 6.88. The van der Waals surface area contributed by atoms with Gasteiger partial charge in [-0.25, -0.2) is 0 Å². The quantitative estimate of drug-likeness (QED) is 0.216. The SMILES string of the molecule is CN1/C(=C/C2=C(O)C(=C/C3=[N+](C)c4c(ccc5ccccc45)C3(C)C)/C2=O)C(C)(C)c2ccc3ccccc3c21. The minimum absolute atomic E-state index is 0.0695. The third-order valence-corrected chi connectivity index (χ3v) is 9.38. The lowest BCUT2D eigenvalue weighted by molar-refractivity contribution is -0.399. The molecule has 1 N–H and O–H groups in total. The van der Waals surface area contributed by atoms with Crippen molar-refractivity contribution in [1.29, 1.82) is 0 Å². The predicted octanol–water partition coefficient (Wildman–Crippen LogP) is 7.63. The van der Waals surface area contributed by atoms with Crippen LogP contribution in [-0.2, 0) is 15.6 Å². The van der Waals surface area contributed by atoms with Crippen LogP contribution < -0.4 is 4.90 Å². The molecule has 0 fully saturated rings. The largest absolute Gasteiger partial charge is 0.506 e. The molecule has 198 valence electrons. The molecule has 40 heavy (non-hydrogen) atoms. The number of hydrogen-bond donors (Lipinski definition) is 1. The molecule has 4 nitrogen and oxygen atoms in total. The van der Waals surface area contributed by atoms with Gasteiger partial charge in [0, 0.05) is 35.2 Å². The van der Waals surface area contributed by atoms with Crippen LogP contribution >= 0.6 is 0 Å². The molecule has 3 aliphatic rings. The van der Waals surface area contributed by atoms with Gasteiger partial charge in [0.25, 0.3) is 0 Å². The first-order valence-electron chi connectivity index (χ1n) is 13.8. The lowest BCUT2D eigenvalue weighted by atomic mass is 9.77. The van der Waals surface area contributed by atoms with Crippen LogP contribution in [0.3, 0.4) is 0 Å². The minimum atomic E-state index is -0.313. The van der Waals surface area contributed by atoms with Gasteiger partial charge in [-0.1, -0.05) is 80.6 Å². The number of Topliss-reactive ketones (excluding diaryl/α,β-unsaturated/α-hetero) is 1. The van der Waals surface area contributed by atoms with E-state index in [1.165, 1.54) is 32.7 Å². The highest BCUT2D eigenvalue weighted by atomic mass is 16.3. The zero-order chi connectivity index (χ0) is 28.1. The minimum Gasteiger partial charge on any atom is -0.506 e. The summed E-state index contributed by atoms with van der Waals surface area (Å²) < 4.78 is 2.18. The Morgan fingerprint density at radius 3 is 2.05 bits per heavy atom. The van der Waals surface area contributed by atoms with Crippen molar-refractivity contribution < 1.29 is 14.5 Å². The molecule has 4 heteroatoms. The van der Waals surface area contributed by atoms with Gasteiger partial charge in [0.2, 0.25) is 11.5 Å². The maximum atomic E-state index is 13.6. The number of carbonyl (C=O) groups is 1. The van der Waals surface area contributed by atoms with Gasteiger partial charge in [-0.2, -0.15) is 4.58 Å². The number of allylic oxidation sites excluding steroid dienone is 5. The van der Waals surface area contributed by atoms with Gasteiger partial charge in [-0.05, 0) is 42.3 Å². The van der Waals surface area contributed by atoms with Crippen LogP contribution in [0.4, 0.5) is 11.4 Å². The van der Waals surface area contributed by atoms with E-state index in [2.05, 4.69) is 124 Å². The summed E-state index contributed by atoms with van der Waals surface area (Å²) in [6.07, 6.45) is 3.78. The smallest absolute Gasteiger partial charge is 0.217 e. The van der Waals surface area contributed by atoms with Gasteiger partial charge in [0.05, 0.1) is 27.6 Å². The van der Waals surface area contributed by atoms with Crippen LogP contribution in [0.15, 0.2) is 108 Å². The first-order valence-corrected chi connectivity index (χ1v) is 13.8. The van der Waals surface area contributed by atoms with Crippen LogP contribution in [0.5, 0.6) is 0 Å². The molecule has 0 saturated heterocycles. The molecular formula is C36H33N2O2+. The van der Waals surface area contributed by atoms with Gasteiger partial charge in [-0.15, -0.1) is 0 Å². The number of hydrogen-bond acceptors (Lipinski definition) is 3. The van der Waals surface area contributed by atoms with Crippen molar-refractivity contribution in [2.24, 2.45) is 0 Å². The maximum Gasteiger partial charge on any atom is 0.217 e. The van der Waals surface area contributed by atoms with Crippen molar-refractivity contribution in [2.75, 3.05) is 19.0 Å². The standard InChI is InChI=1S/C36H32N2O2/c1-35(2)27-17-15-21-11-7-9-13-23(21)31(27)37(5)29(35)19-25-33(39)26(34(25)40)20-30-36(3,4)28-18-16-22-12-8-10-14-24(22)32(28)38(30)6/h7-20H,1-6H3/p+1. The lowest BCUT2D eigenvalue weighted by Gasteiger charge is -2.27. The Hall–Kier alpha value is -4.44. The van der Waals surface area contributed by atoms with Crippen LogP contribution in [-0.4, -0.2) is 35.3 Å². The Morgan fingerprint density at radius 1 is 0.775 bits per heavy atom. The highest BCUT2D eigenvalue weighted by molar-refractivity contribution is 6.24. The molecule has 1 aliphatic carbocycles. The van der Waals surface area contributed by atoms with Crippen LogP contribution in [0.2, 0.25) is 0 Å². The molecule has 0 saturated carbocycles. The monoisotopic (exact) mass is 525 g/mol. The molecule has 0 aromatic heterocycles. The Bertz CT molecular complexity index is 1950. The summed E-state index contributed by atoms with van der Waals surface area (Å²) in [6, 6.07) is 25.5. The second kappa shape index (κ2) is 8.04. The predicted molar refractivity (Wildman–Crippen MR) is 164 cm³/mol. The van der Waals surface area contributed by atoms with Crippen LogP contribution in [0, 0.1) is 0 Å². The second-order valence-corrected chi connectivity index (χ2v) is 12.3. The van der Waals surface area contributed by atoms with Crippen molar-refractivity contribution in [1.82, 2.24) is 0 Å². The van der Waals surface area contributed by atoms with E-state index in [0.29, 0.717) is 11.1 Å². The Morgan fingerprint density at radius 2 is 1.38 bits per heavy atom. The number of anilines is 1. The number of benzene rings is 4. The highest BCUT2D eigenvalue weighted by Crippen LogP contribution is 2.51. The highest BCUT2D eigenvalue weighted by Gasteiger charge is 2.47. The first kappa shape index (κ1) is 24.6. The van der Waals surface area contributed by atoms with Crippen molar-refractivity contribution >= 4 is 44.4 Å². The molecule has 0 spiro atoms. The first-order chi connectivity index (χ1) is 19.0. The number of carbonyl (C=O) groups excluding carboxylic acids is 1. The van der Waals surface area contributed by atoms with E-state index in [1.807, 2.05) is 12.2 Å². The molecule has 0 amide bonds. The van der Waals surface area contributed by atoms with E-state index >= 15 is 0 Å². The fourth-order valence-electron chi connectivity index (χ4n) is 7.14. The summed E-state index contributed by atoms with van der Waals surface area (Å²) in [5.74, 6) is -0.0486. The molecule has 0 atom stereocenters. The lowest BCUT2D eigenvalue weighted by Crippen LogP contribution is -2.31. The number of ketones is 1. The number of aliphatic hydroxyl groups excluding tert-OH is 1. The van der Waals surface area contributed by atoms with Gasteiger partial charge in [-0.3, -0.25) is 4.79 Å². The maximum absolute atomic E-state index is 13.6. The van der Waals surface area contributed by atoms with Crippen molar-refractivity contribution in [3.8, 4) is 0 Å². The summed E-state index contributed by atoms with van der Waals surface area (Å²) in [7, 11) is 4.10. The Labute approximate surface area is 234 Å². The van der Waals surface area contributed by atoms with E-state index in [-0.39, 0.29) is 22.4 Å². The molecule has 0 bridgehead atoms. The van der Waals surface area contributed by atoms with Gasteiger partial charge in [0.1, 0.15) is 12.8 Å². The molecular weight excluding hydrogens is 492 g/mol. The van der Waals surface area contributed by atoms with Crippen molar-refractivity contribution in [2.45, 2.75) is 38.5 Å². The fraction of sp³-hybridized carbons (Fsp3) is 0.222. The number of nitrogens with zero attached hydrogens (tertiary/aromatic N) is 2. The van der Waals surface area contributed by atoms with Crippen molar-refractivity contribution in [3.63, 3.8) is 0 Å². The van der Waals surface area contributed by atoms with Gasteiger partial charge < -0.3 is 10.0 Å². The normalized spacial score (nSPS) is 21.1.